The number of likely N-dealkylation sites (N-methyl/N-ethyl adjacent to an activating group) is 1. The van der Waals surface area contributed by atoms with Crippen molar-refractivity contribution in [1.82, 2.24) is 4.90 Å². The third-order valence-electron chi connectivity index (χ3n) is 11.5. The summed E-state index contributed by atoms with van der Waals surface area (Å²) in [5.74, 6) is -1.73. The third-order valence-corrected chi connectivity index (χ3v) is 11.5. The van der Waals surface area contributed by atoms with E-state index in [0.717, 1.165) is 0 Å². The van der Waals surface area contributed by atoms with Crippen LogP contribution in [-0.4, -0.2) is 134 Å². The number of esters is 1. The van der Waals surface area contributed by atoms with Crippen molar-refractivity contribution in [1.29, 1.82) is 0 Å². The number of aliphatic hydroxyl groups is 2. The minimum atomic E-state index is -0.932. The summed E-state index contributed by atoms with van der Waals surface area (Å²) < 4.78 is 45.2. The Morgan fingerprint density at radius 3 is 2.26 bits per heavy atom. The maximum absolute atomic E-state index is 14.1. The normalized spacial score (nSPS) is 50.3. The zero-order valence-corrected chi connectivity index (χ0v) is 30.8. The molecule has 0 amide bonds. The molecule has 47 heavy (non-hydrogen) atoms. The van der Waals surface area contributed by atoms with Crippen molar-refractivity contribution >= 4 is 11.7 Å². The van der Waals surface area contributed by atoms with Gasteiger partial charge in [-0.3, -0.25) is 9.79 Å². The molecule has 0 aromatic rings. The van der Waals surface area contributed by atoms with Crippen molar-refractivity contribution in [3.8, 4) is 0 Å². The molecular formula is C35H62N2O10. The van der Waals surface area contributed by atoms with E-state index in [2.05, 4.69) is 18.8 Å². The Hall–Kier alpha value is -1.22. The average molecular weight is 671 g/mol. The first kappa shape index (κ1) is 38.6. The average Bonchev–Trinajstić information content (AvgIpc) is 3.33. The fourth-order valence-electron chi connectivity index (χ4n) is 8.54. The predicted molar refractivity (Wildman–Crippen MR) is 176 cm³/mol. The van der Waals surface area contributed by atoms with E-state index in [0.29, 0.717) is 18.6 Å². The summed E-state index contributed by atoms with van der Waals surface area (Å²) >= 11 is 0. The molecule has 2 bridgehead atoms. The van der Waals surface area contributed by atoms with Gasteiger partial charge >= 0.3 is 5.97 Å². The third kappa shape index (κ3) is 7.76. The lowest BCUT2D eigenvalue weighted by Crippen LogP contribution is -2.60. The quantitative estimate of drug-likeness (QED) is 0.305. The first-order valence-electron chi connectivity index (χ1n) is 17.4. The van der Waals surface area contributed by atoms with Gasteiger partial charge in [-0.1, -0.05) is 20.8 Å². The molecule has 7 unspecified atom stereocenters. The standard InChI is InChI=1S/C35H62N2O10/c1-17-15-35(9)31(46-33-26(38)24(37(11)12)14-18(2)42-33)20(4)28(44-25-16-34(8,41-13)30(39)23(7)43-25)21(5)32(40)45-29(22(6)36-10)19(3)27(17)47-35/h17-21,23-31,33,38-39H,14-16H2,1-13H3/b36-22+/t17?,18?,19-,20-,21+,23?,24?,25-,26?,27?,28-,29+,30-,31+,33-,34?,35+/m0/s1. The van der Waals surface area contributed by atoms with Crippen LogP contribution in [-0.2, 0) is 38.0 Å². The van der Waals surface area contributed by atoms with E-state index in [9.17, 15) is 15.0 Å². The van der Waals surface area contributed by atoms with Gasteiger partial charge in [-0.15, -0.1) is 0 Å². The van der Waals surface area contributed by atoms with Crippen molar-refractivity contribution in [3.05, 3.63) is 0 Å². The number of aliphatic hydroxyl groups excluding tert-OH is 2. The van der Waals surface area contributed by atoms with E-state index in [4.69, 9.17) is 33.2 Å². The zero-order chi connectivity index (χ0) is 35.2. The molecule has 2 N–H and O–H groups in total. The van der Waals surface area contributed by atoms with E-state index in [1.54, 1.807) is 28.0 Å². The van der Waals surface area contributed by atoms with Gasteiger partial charge in [0.1, 0.15) is 18.3 Å². The van der Waals surface area contributed by atoms with Gasteiger partial charge in [0, 0.05) is 44.2 Å². The molecule has 4 heterocycles. The van der Waals surface area contributed by atoms with Crippen LogP contribution in [0.5, 0.6) is 0 Å². The Bertz CT molecular complexity index is 1110. The van der Waals surface area contributed by atoms with Gasteiger partial charge in [-0.25, -0.2) is 0 Å². The first-order valence-corrected chi connectivity index (χ1v) is 17.4. The molecule has 4 fully saturated rings. The SMILES string of the molecule is C/N=C(\C)[C@@H]1OC(=O)[C@H](C)[C@@H](O[C@H]2CC(C)(OC)[C@@H](O)C(C)O2)[C@H](C)[C@@H](O[C@@H]2OC(C)CC(N(C)C)C2O)[C@@]2(C)CC(C)C(O2)[C@@H]1C. The van der Waals surface area contributed by atoms with E-state index in [-0.39, 0.29) is 36.5 Å². The summed E-state index contributed by atoms with van der Waals surface area (Å²) in [6, 6.07) is -0.168. The van der Waals surface area contributed by atoms with Crippen molar-refractivity contribution in [2.24, 2.45) is 28.7 Å². The highest BCUT2D eigenvalue weighted by atomic mass is 16.7. The Labute approximate surface area is 281 Å². The van der Waals surface area contributed by atoms with Crippen LogP contribution < -0.4 is 0 Å². The second-order valence-corrected chi connectivity index (χ2v) is 15.5. The van der Waals surface area contributed by atoms with Crippen LogP contribution in [0.3, 0.4) is 0 Å². The Kier molecular flexibility index (Phi) is 12.3. The molecule has 4 saturated heterocycles. The van der Waals surface area contributed by atoms with Gasteiger partial charge in [-0.2, -0.15) is 0 Å². The molecule has 0 aromatic carbocycles. The van der Waals surface area contributed by atoms with Crippen molar-refractivity contribution in [3.63, 3.8) is 0 Å². The van der Waals surface area contributed by atoms with Crippen molar-refractivity contribution in [2.45, 2.75) is 160 Å². The summed E-state index contributed by atoms with van der Waals surface area (Å²) in [5, 5.41) is 22.4. The molecule has 4 rings (SSSR count). The molecule has 0 radical (unpaired) electrons. The summed E-state index contributed by atoms with van der Waals surface area (Å²) in [7, 11) is 7.15. The van der Waals surface area contributed by atoms with Crippen LogP contribution in [0.2, 0.25) is 0 Å². The first-order chi connectivity index (χ1) is 21.9. The summed E-state index contributed by atoms with van der Waals surface area (Å²) in [4.78, 5) is 20.5. The number of carbonyl (C=O) groups is 1. The lowest BCUT2D eigenvalue weighted by Gasteiger charge is -2.48. The minimum absolute atomic E-state index is 0.104. The number of fused-ring (bicyclic) bond motifs is 2. The Morgan fingerprint density at radius 2 is 1.66 bits per heavy atom. The minimum Gasteiger partial charge on any atom is -0.456 e. The lowest BCUT2D eigenvalue weighted by atomic mass is 9.77. The molecule has 0 spiro atoms. The molecule has 4 aliphatic rings. The highest BCUT2D eigenvalue weighted by molar-refractivity contribution is 5.89. The maximum atomic E-state index is 14.1. The van der Waals surface area contributed by atoms with E-state index < -0.39 is 78.2 Å². The van der Waals surface area contributed by atoms with Crippen LogP contribution in [0.1, 0.15) is 81.6 Å². The van der Waals surface area contributed by atoms with E-state index >= 15 is 0 Å². The molecule has 12 heteroatoms. The van der Waals surface area contributed by atoms with Crippen LogP contribution in [0, 0.1) is 23.7 Å². The monoisotopic (exact) mass is 670 g/mol. The number of methoxy groups -OCH3 is 1. The topological polar surface area (TPSA) is 138 Å². The molecule has 4 aliphatic heterocycles. The molecule has 0 aromatic heterocycles. The van der Waals surface area contributed by atoms with Crippen LogP contribution in [0.15, 0.2) is 4.99 Å². The lowest BCUT2D eigenvalue weighted by molar-refractivity contribution is -0.318. The zero-order valence-electron chi connectivity index (χ0n) is 30.8. The Balaban J connectivity index is 1.79. The molecule has 17 atom stereocenters. The largest absolute Gasteiger partial charge is 0.456 e. The number of aliphatic imine (C=N–C) groups is 1. The summed E-state index contributed by atoms with van der Waals surface area (Å²) in [5.41, 5.74) is -1.05. The smallest absolute Gasteiger partial charge is 0.311 e. The van der Waals surface area contributed by atoms with Gasteiger partial charge in [0.2, 0.25) is 0 Å². The number of cyclic esters (lactones) is 1. The van der Waals surface area contributed by atoms with Gasteiger partial charge in [-0.05, 0) is 74.4 Å². The number of hydrogen-bond acceptors (Lipinski definition) is 12. The highest BCUT2D eigenvalue weighted by Crippen LogP contribution is 2.47. The predicted octanol–water partition coefficient (Wildman–Crippen LogP) is 3.19. The maximum Gasteiger partial charge on any atom is 0.311 e. The number of hydrogen-bond donors (Lipinski definition) is 2. The van der Waals surface area contributed by atoms with Crippen molar-refractivity contribution < 1.29 is 48.2 Å². The van der Waals surface area contributed by atoms with Crippen LogP contribution >= 0.6 is 0 Å². The Morgan fingerprint density at radius 1 is 1.00 bits per heavy atom. The second kappa shape index (κ2) is 14.9. The number of ether oxygens (including phenoxy) is 7. The molecule has 0 saturated carbocycles. The fraction of sp³-hybridized carbons (Fsp3) is 0.943. The molecule has 12 nitrogen and oxygen atoms in total. The summed E-state index contributed by atoms with van der Waals surface area (Å²) in [6.45, 7) is 17.5. The van der Waals surface area contributed by atoms with Crippen LogP contribution in [0.4, 0.5) is 0 Å². The van der Waals surface area contributed by atoms with Gasteiger partial charge in [0.15, 0.2) is 12.6 Å². The number of carbonyl (C=O) groups excluding carboxylic acids is 1. The van der Waals surface area contributed by atoms with Gasteiger partial charge < -0.3 is 48.3 Å². The highest BCUT2D eigenvalue weighted by Gasteiger charge is 2.57. The van der Waals surface area contributed by atoms with E-state index in [1.165, 1.54) is 0 Å². The van der Waals surface area contributed by atoms with E-state index in [1.807, 2.05) is 53.6 Å². The van der Waals surface area contributed by atoms with Gasteiger partial charge in [0.25, 0.3) is 0 Å². The fourth-order valence-corrected chi connectivity index (χ4v) is 8.54. The number of rotatable bonds is 7. The van der Waals surface area contributed by atoms with Crippen LogP contribution in [0.25, 0.3) is 0 Å². The second-order valence-electron chi connectivity index (χ2n) is 15.5. The number of nitrogens with zero attached hydrogens (tertiary/aromatic N) is 2. The summed E-state index contributed by atoms with van der Waals surface area (Å²) in [6.07, 6.45) is -4.93. The molecule has 0 aliphatic carbocycles. The molecular weight excluding hydrogens is 608 g/mol. The molecule has 272 valence electrons. The van der Waals surface area contributed by atoms with Crippen molar-refractivity contribution in [2.75, 3.05) is 28.3 Å². The van der Waals surface area contributed by atoms with Gasteiger partial charge in [0.05, 0.1) is 47.6 Å².